The van der Waals surface area contributed by atoms with Crippen molar-refractivity contribution in [3.63, 3.8) is 0 Å². The highest BCUT2D eigenvalue weighted by Crippen LogP contribution is 2.25. The molecule has 1 heterocycles. The van der Waals surface area contributed by atoms with Crippen LogP contribution in [-0.4, -0.2) is 23.8 Å². The van der Waals surface area contributed by atoms with Crippen LogP contribution in [0.2, 0.25) is 10.0 Å². The van der Waals surface area contributed by atoms with Gasteiger partial charge in [-0.1, -0.05) is 35.3 Å². The van der Waals surface area contributed by atoms with Gasteiger partial charge in [-0.2, -0.15) is 0 Å². The van der Waals surface area contributed by atoms with Crippen molar-refractivity contribution in [3.8, 4) is 0 Å². The molecular formula is C17H18Cl2N2O2S. The number of carbonyl (C=O) groups excluding carboxylic acids is 2. The molecule has 1 atom stereocenters. The van der Waals surface area contributed by atoms with Gasteiger partial charge in [-0.05, 0) is 29.1 Å². The Bertz CT molecular complexity index is 719. The lowest BCUT2D eigenvalue weighted by Gasteiger charge is -2.22. The molecule has 0 fully saturated rings. The van der Waals surface area contributed by atoms with Crippen LogP contribution >= 0.6 is 34.5 Å². The molecule has 2 amide bonds. The molecule has 7 heteroatoms. The minimum atomic E-state index is -0.321. The van der Waals surface area contributed by atoms with Gasteiger partial charge in [0.25, 0.3) is 0 Å². The summed E-state index contributed by atoms with van der Waals surface area (Å²) in [6.07, 6.45) is 0.196. The average Bonchev–Trinajstić information content (AvgIpc) is 3.03. The summed E-state index contributed by atoms with van der Waals surface area (Å²) >= 11 is 13.6. The molecule has 2 aromatic rings. The summed E-state index contributed by atoms with van der Waals surface area (Å²) in [5, 5.41) is 5.84. The number of carbonyl (C=O) groups is 2. The maximum atomic E-state index is 12.5. The van der Waals surface area contributed by atoms with E-state index in [1.54, 1.807) is 30.1 Å². The normalized spacial score (nSPS) is 11.8. The Morgan fingerprint density at radius 1 is 1.29 bits per heavy atom. The first-order valence-electron chi connectivity index (χ1n) is 7.35. The van der Waals surface area contributed by atoms with Crippen molar-refractivity contribution < 1.29 is 9.59 Å². The van der Waals surface area contributed by atoms with Gasteiger partial charge in [0.05, 0.1) is 12.5 Å². The van der Waals surface area contributed by atoms with Gasteiger partial charge in [-0.3, -0.25) is 9.59 Å². The van der Waals surface area contributed by atoms with E-state index in [-0.39, 0.29) is 24.3 Å². The molecule has 1 unspecified atom stereocenters. The number of rotatable bonds is 6. The largest absolute Gasteiger partial charge is 0.348 e. The quantitative estimate of drug-likeness (QED) is 0.807. The van der Waals surface area contributed by atoms with Crippen molar-refractivity contribution in [2.75, 3.05) is 7.05 Å². The highest BCUT2D eigenvalue weighted by molar-refractivity contribution is 7.10. The van der Waals surface area contributed by atoms with Crippen molar-refractivity contribution >= 4 is 46.4 Å². The third-order valence-corrected chi connectivity index (χ3v) is 5.06. The van der Waals surface area contributed by atoms with E-state index < -0.39 is 0 Å². The van der Waals surface area contributed by atoms with Crippen molar-refractivity contribution in [2.24, 2.45) is 0 Å². The Balaban J connectivity index is 2.04. The zero-order chi connectivity index (χ0) is 17.7. The Hall–Kier alpha value is -1.56. The van der Waals surface area contributed by atoms with Crippen LogP contribution in [0.3, 0.4) is 0 Å². The minimum Gasteiger partial charge on any atom is -0.348 e. The number of hydrogen-bond acceptors (Lipinski definition) is 3. The Kier molecular flexibility index (Phi) is 6.66. The summed E-state index contributed by atoms with van der Waals surface area (Å²) in [5.74, 6) is -0.238. The van der Waals surface area contributed by atoms with Crippen LogP contribution in [0.5, 0.6) is 0 Å². The number of thiophene rings is 1. The number of amides is 2. The topological polar surface area (TPSA) is 49.4 Å². The predicted molar refractivity (Wildman–Crippen MR) is 98.4 cm³/mol. The Morgan fingerprint density at radius 2 is 2.04 bits per heavy atom. The number of nitrogens with zero attached hydrogens (tertiary/aromatic N) is 1. The fourth-order valence-electron chi connectivity index (χ4n) is 2.28. The highest BCUT2D eigenvalue weighted by atomic mass is 35.5. The molecule has 0 radical (unpaired) electrons. The fraction of sp³-hybridized carbons (Fsp3) is 0.294. The van der Waals surface area contributed by atoms with Gasteiger partial charge < -0.3 is 10.2 Å². The van der Waals surface area contributed by atoms with Crippen LogP contribution < -0.4 is 5.32 Å². The van der Waals surface area contributed by atoms with Crippen LogP contribution in [0.4, 0.5) is 0 Å². The predicted octanol–water partition coefficient (Wildman–Crippen LogP) is 4.28. The summed E-state index contributed by atoms with van der Waals surface area (Å²) in [4.78, 5) is 26.5. The summed E-state index contributed by atoms with van der Waals surface area (Å²) < 4.78 is 0. The molecule has 1 aromatic carbocycles. The van der Waals surface area contributed by atoms with Crippen molar-refractivity contribution in [1.82, 2.24) is 10.2 Å². The van der Waals surface area contributed by atoms with Gasteiger partial charge in [0.15, 0.2) is 0 Å². The molecule has 1 aromatic heterocycles. The first-order valence-corrected chi connectivity index (χ1v) is 8.98. The standard InChI is InChI=1S/C17H18Cl2N2O2S/c1-11(22)20-15(16-4-3-7-24-16)9-17(23)21(2)10-12-5-6-13(18)8-14(12)19/h3-8,15H,9-10H2,1-2H3,(H,20,22). The highest BCUT2D eigenvalue weighted by Gasteiger charge is 2.20. The van der Waals surface area contributed by atoms with Gasteiger partial charge in [0.2, 0.25) is 11.8 Å². The Morgan fingerprint density at radius 3 is 2.62 bits per heavy atom. The molecule has 24 heavy (non-hydrogen) atoms. The lowest BCUT2D eigenvalue weighted by molar-refractivity contribution is -0.131. The summed E-state index contributed by atoms with van der Waals surface area (Å²) in [6, 6.07) is 8.69. The number of benzene rings is 1. The van der Waals surface area contributed by atoms with Gasteiger partial charge in [-0.15, -0.1) is 11.3 Å². The summed E-state index contributed by atoms with van der Waals surface area (Å²) in [7, 11) is 1.71. The van der Waals surface area contributed by atoms with Crippen molar-refractivity contribution in [1.29, 1.82) is 0 Å². The average molecular weight is 385 g/mol. The second-order valence-corrected chi connectivity index (χ2v) is 7.28. The zero-order valence-corrected chi connectivity index (χ0v) is 15.7. The number of halogens is 2. The minimum absolute atomic E-state index is 0.0758. The lowest BCUT2D eigenvalue weighted by atomic mass is 10.1. The van der Waals surface area contributed by atoms with E-state index in [0.29, 0.717) is 16.6 Å². The molecule has 2 rings (SSSR count). The van der Waals surface area contributed by atoms with Crippen LogP contribution in [0.1, 0.15) is 29.8 Å². The molecular weight excluding hydrogens is 367 g/mol. The first-order chi connectivity index (χ1) is 11.4. The zero-order valence-electron chi connectivity index (χ0n) is 13.4. The van der Waals surface area contributed by atoms with Crippen LogP contribution in [0.15, 0.2) is 35.7 Å². The van der Waals surface area contributed by atoms with E-state index >= 15 is 0 Å². The summed E-state index contributed by atoms with van der Waals surface area (Å²) in [6.45, 7) is 1.83. The van der Waals surface area contributed by atoms with Crippen LogP contribution in [0, 0.1) is 0 Å². The second-order valence-electron chi connectivity index (χ2n) is 5.46. The molecule has 0 saturated carbocycles. The third-order valence-electron chi connectivity index (χ3n) is 3.49. The van der Waals surface area contributed by atoms with E-state index in [2.05, 4.69) is 5.32 Å². The van der Waals surface area contributed by atoms with Crippen molar-refractivity contribution in [3.05, 3.63) is 56.2 Å². The molecule has 4 nitrogen and oxygen atoms in total. The fourth-order valence-corrected chi connectivity index (χ4v) is 3.53. The molecule has 0 spiro atoms. The molecule has 128 valence electrons. The molecule has 1 N–H and O–H groups in total. The molecule has 0 bridgehead atoms. The van der Waals surface area contributed by atoms with Gasteiger partial charge in [-0.25, -0.2) is 0 Å². The third kappa shape index (κ3) is 5.23. The Labute approximate surface area is 155 Å². The van der Waals surface area contributed by atoms with E-state index in [1.807, 2.05) is 17.5 Å². The van der Waals surface area contributed by atoms with E-state index in [9.17, 15) is 9.59 Å². The van der Waals surface area contributed by atoms with Gasteiger partial charge in [0.1, 0.15) is 0 Å². The molecule has 0 saturated heterocycles. The van der Waals surface area contributed by atoms with E-state index in [1.165, 1.54) is 18.3 Å². The number of hydrogen-bond donors (Lipinski definition) is 1. The maximum Gasteiger partial charge on any atom is 0.225 e. The van der Waals surface area contributed by atoms with Gasteiger partial charge >= 0.3 is 0 Å². The van der Waals surface area contributed by atoms with Crippen LogP contribution in [0.25, 0.3) is 0 Å². The smallest absolute Gasteiger partial charge is 0.225 e. The summed E-state index contributed by atoms with van der Waals surface area (Å²) in [5.41, 5.74) is 0.823. The monoisotopic (exact) mass is 384 g/mol. The first kappa shape index (κ1) is 18.8. The molecule has 0 aliphatic rings. The SMILES string of the molecule is CC(=O)NC(CC(=O)N(C)Cc1ccc(Cl)cc1Cl)c1cccs1. The van der Waals surface area contributed by atoms with Crippen LogP contribution in [-0.2, 0) is 16.1 Å². The van der Waals surface area contributed by atoms with Crippen molar-refractivity contribution in [2.45, 2.75) is 25.9 Å². The van der Waals surface area contributed by atoms with Gasteiger partial charge in [0, 0.05) is 35.4 Å². The second kappa shape index (κ2) is 8.51. The molecule has 0 aliphatic heterocycles. The molecule has 0 aliphatic carbocycles. The number of nitrogens with one attached hydrogen (secondary N) is 1. The maximum absolute atomic E-state index is 12.5. The van der Waals surface area contributed by atoms with E-state index in [4.69, 9.17) is 23.2 Å². The lowest BCUT2D eigenvalue weighted by Crippen LogP contribution is -2.33. The van der Waals surface area contributed by atoms with E-state index in [0.717, 1.165) is 10.4 Å².